The zero-order valence-electron chi connectivity index (χ0n) is 14.0. The molecule has 1 saturated heterocycles. The highest BCUT2D eigenvalue weighted by Gasteiger charge is 2.35. The molecule has 1 aliphatic rings. The first-order valence-corrected chi connectivity index (χ1v) is 8.04. The number of rotatable bonds is 5. The van der Waals surface area contributed by atoms with Crippen LogP contribution in [0.3, 0.4) is 0 Å². The molecule has 0 saturated carbocycles. The number of carboxylic acid groups (broad SMARTS) is 1. The van der Waals surface area contributed by atoms with Crippen LogP contribution in [0.5, 0.6) is 0 Å². The Morgan fingerprint density at radius 2 is 2.12 bits per heavy atom. The molecule has 2 heterocycles. The molecule has 1 atom stereocenters. The smallest absolute Gasteiger partial charge is 0.311 e. The van der Waals surface area contributed by atoms with Gasteiger partial charge < -0.3 is 19.7 Å². The fraction of sp³-hybridized carbons (Fsp3) is 0.278. The standard InChI is InChI=1S/C18H17FN2O5/c1-10-9-26-14(8-15(22)23)16(10)17(24)20-12-6-7-21(18(12)25)13-5-3-2-4-11(13)19/h2-5,9,12H,6-8H2,1H3,(H,20,24)(H,22,23). The second-order valence-corrected chi connectivity index (χ2v) is 6.04. The van der Waals surface area contributed by atoms with E-state index in [0.717, 1.165) is 0 Å². The minimum atomic E-state index is -1.13. The van der Waals surface area contributed by atoms with Gasteiger partial charge >= 0.3 is 5.97 Å². The van der Waals surface area contributed by atoms with E-state index in [9.17, 15) is 18.8 Å². The summed E-state index contributed by atoms with van der Waals surface area (Å²) >= 11 is 0. The number of nitrogens with zero attached hydrogens (tertiary/aromatic N) is 1. The van der Waals surface area contributed by atoms with Crippen LogP contribution in [0.2, 0.25) is 0 Å². The highest BCUT2D eigenvalue weighted by Crippen LogP contribution is 2.25. The first-order valence-electron chi connectivity index (χ1n) is 8.04. The number of benzene rings is 1. The van der Waals surface area contributed by atoms with Crippen molar-refractivity contribution in [2.45, 2.75) is 25.8 Å². The van der Waals surface area contributed by atoms with E-state index < -0.39 is 36.1 Å². The van der Waals surface area contributed by atoms with E-state index in [4.69, 9.17) is 9.52 Å². The Labute approximate surface area is 148 Å². The predicted octanol–water partition coefficient (Wildman–Crippen LogP) is 1.89. The summed E-state index contributed by atoms with van der Waals surface area (Å²) in [5.41, 5.74) is 0.764. The van der Waals surface area contributed by atoms with Gasteiger partial charge in [0.05, 0.1) is 17.5 Å². The first kappa shape index (κ1) is 17.7. The number of hydrogen-bond acceptors (Lipinski definition) is 4. The minimum Gasteiger partial charge on any atom is -0.481 e. The Kier molecular flexibility index (Phi) is 4.75. The molecular formula is C18H17FN2O5. The molecule has 3 rings (SSSR count). The van der Waals surface area contributed by atoms with Crippen molar-refractivity contribution < 1.29 is 28.3 Å². The van der Waals surface area contributed by atoms with E-state index in [-0.39, 0.29) is 23.6 Å². The number of hydrogen-bond donors (Lipinski definition) is 2. The Hall–Kier alpha value is -3.16. The van der Waals surface area contributed by atoms with Gasteiger partial charge in [-0.05, 0) is 25.5 Å². The number of para-hydroxylation sites is 1. The summed E-state index contributed by atoms with van der Waals surface area (Å²) in [4.78, 5) is 37.3. The van der Waals surface area contributed by atoms with E-state index in [1.165, 1.54) is 29.4 Å². The SMILES string of the molecule is Cc1coc(CC(=O)O)c1C(=O)NC1CCN(c2ccccc2F)C1=O. The summed E-state index contributed by atoms with van der Waals surface area (Å²) < 4.78 is 19.0. The molecule has 1 fully saturated rings. The second kappa shape index (κ2) is 6.99. The van der Waals surface area contributed by atoms with Gasteiger partial charge in [0, 0.05) is 12.1 Å². The van der Waals surface area contributed by atoms with Crippen molar-refractivity contribution in [1.29, 1.82) is 0 Å². The Bertz CT molecular complexity index is 876. The van der Waals surface area contributed by atoms with Gasteiger partial charge in [-0.2, -0.15) is 0 Å². The van der Waals surface area contributed by atoms with Gasteiger partial charge in [0.15, 0.2) is 0 Å². The van der Waals surface area contributed by atoms with Crippen LogP contribution in [-0.4, -0.2) is 35.5 Å². The Balaban J connectivity index is 1.75. The van der Waals surface area contributed by atoms with Crippen LogP contribution in [0.15, 0.2) is 34.9 Å². The molecule has 1 aromatic heterocycles. The maximum atomic E-state index is 13.9. The molecule has 1 aliphatic heterocycles. The minimum absolute atomic E-state index is 0.0314. The maximum Gasteiger partial charge on any atom is 0.311 e. The highest BCUT2D eigenvalue weighted by molar-refractivity contribution is 6.04. The van der Waals surface area contributed by atoms with Crippen molar-refractivity contribution in [3.63, 3.8) is 0 Å². The summed E-state index contributed by atoms with van der Waals surface area (Å²) in [6.07, 6.45) is 1.19. The number of aliphatic carboxylic acids is 1. The number of nitrogens with one attached hydrogen (secondary N) is 1. The van der Waals surface area contributed by atoms with Crippen molar-refractivity contribution in [2.75, 3.05) is 11.4 Å². The van der Waals surface area contributed by atoms with Crippen molar-refractivity contribution in [2.24, 2.45) is 0 Å². The number of carbonyl (C=O) groups is 3. The van der Waals surface area contributed by atoms with E-state index >= 15 is 0 Å². The molecule has 8 heteroatoms. The number of aryl methyl sites for hydroxylation is 1. The summed E-state index contributed by atoms with van der Waals surface area (Å²) in [5, 5.41) is 11.5. The second-order valence-electron chi connectivity index (χ2n) is 6.04. The van der Waals surface area contributed by atoms with Gasteiger partial charge in [0.2, 0.25) is 5.91 Å². The molecule has 2 amide bonds. The van der Waals surface area contributed by atoms with Gasteiger partial charge in [0.25, 0.3) is 5.91 Å². The van der Waals surface area contributed by atoms with Gasteiger partial charge in [-0.1, -0.05) is 12.1 Å². The van der Waals surface area contributed by atoms with Crippen molar-refractivity contribution >= 4 is 23.5 Å². The lowest BCUT2D eigenvalue weighted by atomic mass is 10.1. The lowest BCUT2D eigenvalue weighted by Gasteiger charge is -2.18. The average molecular weight is 360 g/mol. The number of carbonyl (C=O) groups excluding carboxylic acids is 2. The molecule has 1 unspecified atom stereocenters. The van der Waals surface area contributed by atoms with Crippen LogP contribution in [0.25, 0.3) is 0 Å². The van der Waals surface area contributed by atoms with E-state index in [2.05, 4.69) is 5.32 Å². The molecule has 1 aromatic carbocycles. The van der Waals surface area contributed by atoms with Crippen LogP contribution in [0.4, 0.5) is 10.1 Å². The van der Waals surface area contributed by atoms with Gasteiger partial charge in [-0.3, -0.25) is 14.4 Å². The fourth-order valence-corrected chi connectivity index (χ4v) is 3.02. The van der Waals surface area contributed by atoms with Gasteiger partial charge in [0.1, 0.15) is 24.0 Å². The number of amides is 2. The normalized spacial score (nSPS) is 16.8. The average Bonchev–Trinajstić information content (AvgIpc) is 3.11. The summed E-state index contributed by atoms with van der Waals surface area (Å²) in [5.74, 6) is -2.60. The summed E-state index contributed by atoms with van der Waals surface area (Å²) in [6, 6.07) is 5.12. The summed E-state index contributed by atoms with van der Waals surface area (Å²) in [6.45, 7) is 1.89. The van der Waals surface area contributed by atoms with Crippen molar-refractivity contribution in [3.8, 4) is 0 Å². The topological polar surface area (TPSA) is 99.8 Å². The molecule has 0 radical (unpaired) electrons. The monoisotopic (exact) mass is 360 g/mol. The molecule has 0 aliphatic carbocycles. The molecule has 2 N–H and O–H groups in total. The third kappa shape index (κ3) is 3.30. The molecular weight excluding hydrogens is 343 g/mol. The molecule has 26 heavy (non-hydrogen) atoms. The predicted molar refractivity (Wildman–Crippen MR) is 89.4 cm³/mol. The molecule has 7 nitrogen and oxygen atoms in total. The maximum absolute atomic E-state index is 13.9. The highest BCUT2D eigenvalue weighted by atomic mass is 19.1. The fourth-order valence-electron chi connectivity index (χ4n) is 3.02. The number of anilines is 1. The largest absolute Gasteiger partial charge is 0.481 e. The Morgan fingerprint density at radius 1 is 1.38 bits per heavy atom. The van der Waals surface area contributed by atoms with Crippen LogP contribution >= 0.6 is 0 Å². The molecule has 2 aromatic rings. The number of halogens is 1. The third-order valence-corrected chi connectivity index (χ3v) is 4.24. The zero-order chi connectivity index (χ0) is 18.8. The van der Waals surface area contributed by atoms with Crippen molar-refractivity contribution in [3.05, 3.63) is 53.2 Å². The first-order chi connectivity index (χ1) is 12.4. The van der Waals surface area contributed by atoms with Gasteiger partial charge in [-0.15, -0.1) is 0 Å². The molecule has 0 bridgehead atoms. The van der Waals surface area contributed by atoms with E-state index in [1.807, 2.05) is 0 Å². The van der Waals surface area contributed by atoms with Crippen molar-refractivity contribution in [1.82, 2.24) is 5.32 Å². The lowest BCUT2D eigenvalue weighted by Crippen LogP contribution is -2.42. The number of carboxylic acids is 1. The molecule has 0 spiro atoms. The van der Waals surface area contributed by atoms with Crippen LogP contribution in [0.1, 0.15) is 28.1 Å². The number of furan rings is 1. The van der Waals surface area contributed by atoms with E-state index in [1.54, 1.807) is 13.0 Å². The van der Waals surface area contributed by atoms with Gasteiger partial charge in [-0.25, -0.2) is 4.39 Å². The van der Waals surface area contributed by atoms with Crippen LogP contribution in [-0.2, 0) is 16.0 Å². The van der Waals surface area contributed by atoms with Crippen LogP contribution in [0, 0.1) is 12.7 Å². The lowest BCUT2D eigenvalue weighted by molar-refractivity contribution is -0.136. The zero-order valence-corrected chi connectivity index (χ0v) is 14.0. The van der Waals surface area contributed by atoms with E-state index in [0.29, 0.717) is 12.0 Å². The molecule has 136 valence electrons. The Morgan fingerprint density at radius 3 is 2.81 bits per heavy atom. The van der Waals surface area contributed by atoms with Crippen LogP contribution < -0.4 is 10.2 Å². The third-order valence-electron chi connectivity index (χ3n) is 4.24. The summed E-state index contributed by atoms with van der Waals surface area (Å²) in [7, 11) is 0. The quantitative estimate of drug-likeness (QED) is 0.848.